The molecule has 0 bridgehead atoms. The lowest BCUT2D eigenvalue weighted by Gasteiger charge is -2.10. The molecule has 0 aliphatic rings. The molecule has 3 aromatic heterocycles. The van der Waals surface area contributed by atoms with E-state index in [0.29, 0.717) is 29.1 Å². The van der Waals surface area contributed by atoms with Crippen molar-refractivity contribution >= 4 is 22.8 Å². The van der Waals surface area contributed by atoms with E-state index in [2.05, 4.69) is 15.2 Å². The van der Waals surface area contributed by atoms with Gasteiger partial charge in [-0.15, -0.1) is 10.2 Å². The topological polar surface area (TPSA) is 78.6 Å². The van der Waals surface area contributed by atoms with Crippen molar-refractivity contribution in [2.45, 2.75) is 6.61 Å². The zero-order valence-electron chi connectivity index (χ0n) is 17.0. The van der Waals surface area contributed by atoms with Crippen molar-refractivity contribution in [3.8, 4) is 22.6 Å². The van der Waals surface area contributed by atoms with Gasteiger partial charge >= 0.3 is 0 Å². The standard InChI is InChI=1S/C24H17FN4O3/c1-31-18-5-6-19-21(11-18)26-9-8-22(19)32-14-24-28-27-23-7-4-16(12-29(23)24)15-2-3-17(13-30)20(25)10-15/h2-13H,14H2,1H3. The molecule has 7 nitrogen and oxygen atoms in total. The summed E-state index contributed by atoms with van der Waals surface area (Å²) in [7, 11) is 1.61. The Balaban J connectivity index is 1.45. The summed E-state index contributed by atoms with van der Waals surface area (Å²) in [6.45, 7) is 0.175. The van der Waals surface area contributed by atoms with Crippen LogP contribution >= 0.6 is 0 Å². The minimum absolute atomic E-state index is 0.0235. The number of halogens is 1. The smallest absolute Gasteiger partial charge is 0.175 e. The van der Waals surface area contributed by atoms with Crippen LogP contribution in [0.1, 0.15) is 16.2 Å². The summed E-state index contributed by atoms with van der Waals surface area (Å²) in [6.07, 6.45) is 3.99. The molecule has 5 aromatic rings. The molecule has 2 aromatic carbocycles. The molecule has 3 heterocycles. The Morgan fingerprint density at radius 2 is 1.91 bits per heavy atom. The Labute approximate surface area is 182 Å². The third kappa shape index (κ3) is 3.51. The predicted molar refractivity (Wildman–Crippen MR) is 116 cm³/mol. The average Bonchev–Trinajstić information content (AvgIpc) is 3.24. The van der Waals surface area contributed by atoms with Gasteiger partial charge in [-0.25, -0.2) is 4.39 Å². The van der Waals surface area contributed by atoms with Crippen LogP contribution in [0, 0.1) is 5.82 Å². The molecule has 0 saturated heterocycles. The zero-order chi connectivity index (χ0) is 22.1. The van der Waals surface area contributed by atoms with E-state index in [0.717, 1.165) is 22.2 Å². The third-order valence-corrected chi connectivity index (χ3v) is 5.20. The molecule has 0 radical (unpaired) electrons. The predicted octanol–water partition coefficient (Wildman–Crippen LogP) is 4.48. The fourth-order valence-electron chi connectivity index (χ4n) is 3.51. The molecule has 158 valence electrons. The van der Waals surface area contributed by atoms with Gasteiger partial charge in [0, 0.05) is 23.8 Å². The summed E-state index contributed by atoms with van der Waals surface area (Å²) in [5, 5.41) is 9.26. The first-order valence-corrected chi connectivity index (χ1v) is 9.80. The molecule has 0 saturated carbocycles. The van der Waals surface area contributed by atoms with Gasteiger partial charge in [0.2, 0.25) is 0 Å². The second kappa shape index (κ2) is 8.07. The number of hydrogen-bond acceptors (Lipinski definition) is 6. The van der Waals surface area contributed by atoms with Crippen LogP contribution < -0.4 is 9.47 Å². The zero-order valence-corrected chi connectivity index (χ0v) is 17.0. The number of pyridine rings is 2. The molecule has 0 N–H and O–H groups in total. The summed E-state index contributed by atoms with van der Waals surface area (Å²) in [4.78, 5) is 15.2. The molecule has 5 rings (SSSR count). The second-order valence-corrected chi connectivity index (χ2v) is 7.10. The van der Waals surface area contributed by atoms with Gasteiger partial charge in [-0.1, -0.05) is 6.07 Å². The van der Waals surface area contributed by atoms with Crippen LogP contribution in [0.3, 0.4) is 0 Å². The van der Waals surface area contributed by atoms with Crippen molar-refractivity contribution in [2.24, 2.45) is 0 Å². The normalized spacial score (nSPS) is 11.1. The Bertz CT molecular complexity index is 1460. The summed E-state index contributed by atoms with van der Waals surface area (Å²) in [5.74, 6) is 1.41. The van der Waals surface area contributed by atoms with Crippen molar-refractivity contribution in [3.05, 3.63) is 84.2 Å². The van der Waals surface area contributed by atoms with Crippen molar-refractivity contribution in [3.63, 3.8) is 0 Å². The Morgan fingerprint density at radius 3 is 2.72 bits per heavy atom. The highest BCUT2D eigenvalue weighted by molar-refractivity contribution is 5.86. The van der Waals surface area contributed by atoms with E-state index in [1.807, 2.05) is 30.5 Å². The summed E-state index contributed by atoms with van der Waals surface area (Å²) >= 11 is 0. The number of aldehydes is 1. The number of ether oxygens (including phenoxy) is 2. The van der Waals surface area contributed by atoms with Gasteiger partial charge in [0.25, 0.3) is 0 Å². The minimum Gasteiger partial charge on any atom is -0.497 e. The van der Waals surface area contributed by atoms with Gasteiger partial charge < -0.3 is 9.47 Å². The lowest BCUT2D eigenvalue weighted by molar-refractivity contribution is 0.112. The molecule has 0 aliphatic carbocycles. The fourth-order valence-corrected chi connectivity index (χ4v) is 3.51. The van der Waals surface area contributed by atoms with Gasteiger partial charge in [0.15, 0.2) is 17.8 Å². The first-order valence-electron chi connectivity index (χ1n) is 9.80. The molecule has 0 aliphatic heterocycles. The maximum absolute atomic E-state index is 14.1. The summed E-state index contributed by atoms with van der Waals surface area (Å²) < 4.78 is 27.1. The molecule has 0 fully saturated rings. The quantitative estimate of drug-likeness (QED) is 0.371. The Hall–Kier alpha value is -4.33. The second-order valence-electron chi connectivity index (χ2n) is 7.10. The highest BCUT2D eigenvalue weighted by Crippen LogP contribution is 2.28. The van der Waals surface area contributed by atoms with Crippen LogP contribution in [0.25, 0.3) is 27.7 Å². The number of rotatable bonds is 6. The number of fused-ring (bicyclic) bond motifs is 2. The van der Waals surface area contributed by atoms with Crippen LogP contribution in [-0.4, -0.2) is 33.0 Å². The molecular formula is C24H17FN4O3. The highest BCUT2D eigenvalue weighted by Gasteiger charge is 2.11. The van der Waals surface area contributed by atoms with Gasteiger partial charge in [0.05, 0.1) is 18.2 Å². The van der Waals surface area contributed by atoms with Crippen LogP contribution in [0.15, 0.2) is 67.0 Å². The van der Waals surface area contributed by atoms with Gasteiger partial charge in [-0.3, -0.25) is 14.2 Å². The van der Waals surface area contributed by atoms with Crippen LogP contribution in [0.2, 0.25) is 0 Å². The number of aromatic nitrogens is 4. The van der Waals surface area contributed by atoms with E-state index in [1.165, 1.54) is 12.1 Å². The minimum atomic E-state index is -0.564. The molecule has 0 spiro atoms. The maximum atomic E-state index is 14.1. The van der Waals surface area contributed by atoms with Crippen LogP contribution in [0.5, 0.6) is 11.5 Å². The molecule has 0 atom stereocenters. The van der Waals surface area contributed by atoms with Gasteiger partial charge in [0.1, 0.15) is 23.9 Å². The number of nitrogens with zero attached hydrogens (tertiary/aromatic N) is 4. The van der Waals surface area contributed by atoms with Crippen molar-refractivity contribution in [1.29, 1.82) is 0 Å². The lowest BCUT2D eigenvalue weighted by Crippen LogP contribution is -2.02. The van der Waals surface area contributed by atoms with Crippen LogP contribution in [-0.2, 0) is 6.61 Å². The first kappa shape index (κ1) is 19.6. The van der Waals surface area contributed by atoms with Crippen molar-refractivity contribution in [2.75, 3.05) is 7.11 Å². The molecule has 0 amide bonds. The number of benzene rings is 2. The summed E-state index contributed by atoms with van der Waals surface area (Å²) in [5.41, 5.74) is 2.83. The molecule has 8 heteroatoms. The van der Waals surface area contributed by atoms with E-state index in [-0.39, 0.29) is 12.2 Å². The average molecular weight is 428 g/mol. The maximum Gasteiger partial charge on any atom is 0.175 e. The van der Waals surface area contributed by atoms with E-state index in [4.69, 9.17) is 9.47 Å². The third-order valence-electron chi connectivity index (χ3n) is 5.20. The number of carbonyl (C=O) groups excluding carboxylic acids is 1. The highest BCUT2D eigenvalue weighted by atomic mass is 19.1. The number of hydrogen-bond donors (Lipinski definition) is 0. The summed E-state index contributed by atoms with van der Waals surface area (Å²) in [6, 6.07) is 15.5. The molecule has 0 unspecified atom stereocenters. The molecular weight excluding hydrogens is 411 g/mol. The van der Waals surface area contributed by atoms with E-state index in [1.54, 1.807) is 35.9 Å². The van der Waals surface area contributed by atoms with E-state index >= 15 is 0 Å². The number of methoxy groups -OCH3 is 1. The Morgan fingerprint density at radius 1 is 1.03 bits per heavy atom. The largest absolute Gasteiger partial charge is 0.497 e. The van der Waals surface area contributed by atoms with Gasteiger partial charge in [-0.2, -0.15) is 0 Å². The van der Waals surface area contributed by atoms with Crippen LogP contribution in [0.4, 0.5) is 4.39 Å². The van der Waals surface area contributed by atoms with Crippen molar-refractivity contribution < 1.29 is 18.7 Å². The van der Waals surface area contributed by atoms with E-state index in [9.17, 15) is 9.18 Å². The monoisotopic (exact) mass is 428 g/mol. The fraction of sp³-hybridized carbons (Fsp3) is 0.0833. The lowest BCUT2D eigenvalue weighted by atomic mass is 10.1. The SMILES string of the molecule is COc1ccc2c(OCc3nnc4ccc(-c5ccc(C=O)c(F)c5)cn34)ccnc2c1. The first-order chi connectivity index (χ1) is 15.7. The Kier molecular flexibility index (Phi) is 4.95. The van der Waals surface area contributed by atoms with Crippen molar-refractivity contribution in [1.82, 2.24) is 19.6 Å². The van der Waals surface area contributed by atoms with E-state index < -0.39 is 5.82 Å². The van der Waals surface area contributed by atoms with Gasteiger partial charge in [-0.05, 0) is 53.6 Å². The number of carbonyl (C=O) groups is 1. The molecule has 32 heavy (non-hydrogen) atoms.